The van der Waals surface area contributed by atoms with Crippen LogP contribution in [0, 0.1) is 0 Å². The summed E-state index contributed by atoms with van der Waals surface area (Å²) in [6.45, 7) is 0.709. The van der Waals surface area contributed by atoms with E-state index in [1.807, 2.05) is 10.8 Å². The second kappa shape index (κ2) is 11.6. The summed E-state index contributed by atoms with van der Waals surface area (Å²) in [5, 5.41) is 3.52. The Morgan fingerprint density at radius 2 is 1.82 bits per heavy atom. The molecule has 0 fully saturated rings. The molecule has 33 heavy (non-hydrogen) atoms. The van der Waals surface area contributed by atoms with Gasteiger partial charge < -0.3 is 14.6 Å². The number of anilines is 1. The minimum Gasteiger partial charge on any atom is -0.448 e. The molecule has 1 amide bonds. The van der Waals surface area contributed by atoms with Gasteiger partial charge in [0.25, 0.3) is 10.0 Å². The highest BCUT2D eigenvalue weighted by molar-refractivity contribution is 7.92. The van der Waals surface area contributed by atoms with E-state index in [-0.39, 0.29) is 28.8 Å². The number of hydrogen-bond acceptors (Lipinski definition) is 5. The number of sulfonamides is 1. The Morgan fingerprint density at radius 3 is 2.52 bits per heavy atom. The number of amides is 1. The molecule has 2 aromatic carbocycles. The predicted molar refractivity (Wildman–Crippen MR) is 129 cm³/mol. The Balaban J connectivity index is 1.65. The van der Waals surface area contributed by atoms with Crippen LogP contribution in [0.3, 0.4) is 0 Å². The van der Waals surface area contributed by atoms with Crippen LogP contribution in [0.15, 0.2) is 66.1 Å². The topological polar surface area (TPSA) is 93.5 Å². The zero-order valence-corrected chi connectivity index (χ0v) is 20.4. The van der Waals surface area contributed by atoms with Crippen LogP contribution in [0.25, 0.3) is 0 Å². The molecule has 0 atom stereocenters. The third kappa shape index (κ3) is 7.01. The molecule has 0 saturated carbocycles. The van der Waals surface area contributed by atoms with Crippen LogP contribution < -0.4 is 9.62 Å². The average Bonchev–Trinajstić information content (AvgIpc) is 3.30. The van der Waals surface area contributed by atoms with Crippen LogP contribution in [-0.2, 0) is 21.3 Å². The van der Waals surface area contributed by atoms with E-state index < -0.39 is 16.1 Å². The van der Waals surface area contributed by atoms with Gasteiger partial charge in [-0.2, -0.15) is 0 Å². The van der Waals surface area contributed by atoms with Crippen molar-refractivity contribution < 1.29 is 17.9 Å². The summed E-state index contributed by atoms with van der Waals surface area (Å²) in [4.78, 5) is 16.0. The molecule has 0 spiro atoms. The van der Waals surface area contributed by atoms with E-state index in [0.717, 1.165) is 4.31 Å². The summed E-state index contributed by atoms with van der Waals surface area (Å²) in [5.41, 5.74) is 0.170. The smallest absolute Gasteiger partial charge is 0.407 e. The molecule has 0 bridgehead atoms. The molecule has 0 aliphatic rings. The summed E-state index contributed by atoms with van der Waals surface area (Å²) >= 11 is 18.2. The van der Waals surface area contributed by atoms with Crippen molar-refractivity contribution in [2.24, 2.45) is 0 Å². The number of carbonyl (C=O) groups excluding carboxylic acids is 1. The normalized spacial score (nSPS) is 11.2. The van der Waals surface area contributed by atoms with Crippen LogP contribution in [0.2, 0.25) is 15.1 Å². The first-order chi connectivity index (χ1) is 15.8. The highest BCUT2D eigenvalue weighted by Crippen LogP contribution is 2.33. The number of aryl methyl sites for hydroxylation is 1. The van der Waals surface area contributed by atoms with E-state index in [1.54, 1.807) is 18.6 Å². The van der Waals surface area contributed by atoms with Crippen LogP contribution in [0.1, 0.15) is 6.42 Å². The molecule has 1 aromatic heterocycles. The van der Waals surface area contributed by atoms with Gasteiger partial charge in [0.05, 0.1) is 28.5 Å². The van der Waals surface area contributed by atoms with E-state index in [1.165, 1.54) is 36.4 Å². The van der Waals surface area contributed by atoms with Gasteiger partial charge in [0.2, 0.25) is 0 Å². The highest BCUT2D eigenvalue weighted by atomic mass is 35.5. The molecule has 0 aliphatic heterocycles. The Labute approximate surface area is 207 Å². The number of nitrogens with one attached hydrogen (secondary N) is 1. The fourth-order valence-electron chi connectivity index (χ4n) is 2.92. The van der Waals surface area contributed by atoms with Crippen molar-refractivity contribution in [3.05, 3.63) is 76.3 Å². The molecule has 0 saturated heterocycles. The third-order valence-corrected chi connectivity index (χ3v) is 7.16. The van der Waals surface area contributed by atoms with Crippen molar-refractivity contribution in [1.82, 2.24) is 14.9 Å². The Bertz CT molecular complexity index is 1170. The standard InChI is InChI=1S/C21H21Cl3N4O4S/c22-16-2-5-18(6-3-16)33(30,31)28(20-14-17(23)4-7-19(20)24)12-13-32-21(29)26-8-1-10-27-11-9-25-15-27/h2-7,9,11,14-15H,1,8,10,12-13H2,(H,26,29). The van der Waals surface area contributed by atoms with Crippen molar-refractivity contribution in [3.8, 4) is 0 Å². The number of ether oxygens (including phenoxy) is 1. The number of halogens is 3. The number of imidazole rings is 1. The SMILES string of the molecule is O=C(NCCCn1ccnc1)OCCN(c1cc(Cl)ccc1Cl)S(=O)(=O)c1ccc(Cl)cc1. The van der Waals surface area contributed by atoms with Gasteiger partial charge in [-0.05, 0) is 48.9 Å². The molecule has 3 rings (SSSR count). The zero-order chi connectivity index (χ0) is 23.8. The van der Waals surface area contributed by atoms with Gasteiger partial charge in [0.15, 0.2) is 0 Å². The minimum absolute atomic E-state index is 0.00638. The first-order valence-corrected chi connectivity index (χ1v) is 12.4. The summed E-state index contributed by atoms with van der Waals surface area (Å²) in [5.74, 6) is 0. The maximum atomic E-state index is 13.3. The maximum absolute atomic E-state index is 13.3. The molecule has 1 heterocycles. The first-order valence-electron chi connectivity index (χ1n) is 9.87. The first kappa shape index (κ1) is 25.2. The number of carbonyl (C=O) groups is 1. The van der Waals surface area contributed by atoms with Gasteiger partial charge in [-0.25, -0.2) is 18.2 Å². The predicted octanol–water partition coefficient (Wildman–Crippen LogP) is 4.86. The maximum Gasteiger partial charge on any atom is 0.407 e. The molecule has 1 N–H and O–H groups in total. The number of rotatable bonds is 10. The van der Waals surface area contributed by atoms with E-state index >= 15 is 0 Å². The molecule has 0 aliphatic carbocycles. The number of benzene rings is 2. The second-order valence-corrected chi connectivity index (χ2v) is 9.99. The van der Waals surface area contributed by atoms with E-state index in [0.29, 0.717) is 29.6 Å². The van der Waals surface area contributed by atoms with Crippen molar-refractivity contribution in [2.45, 2.75) is 17.9 Å². The van der Waals surface area contributed by atoms with Crippen molar-refractivity contribution in [2.75, 3.05) is 24.0 Å². The number of hydrogen-bond donors (Lipinski definition) is 1. The Hall–Kier alpha value is -2.46. The molecular weight excluding hydrogens is 511 g/mol. The fraction of sp³-hybridized carbons (Fsp3) is 0.238. The molecule has 12 heteroatoms. The molecular formula is C21H21Cl3N4O4S. The summed E-state index contributed by atoms with van der Waals surface area (Å²) in [6.07, 6.45) is 5.23. The Kier molecular flexibility index (Phi) is 8.85. The Morgan fingerprint density at radius 1 is 1.09 bits per heavy atom. The minimum atomic E-state index is -4.04. The van der Waals surface area contributed by atoms with E-state index in [2.05, 4.69) is 10.3 Å². The molecule has 176 valence electrons. The third-order valence-electron chi connectivity index (χ3n) is 4.53. The second-order valence-electron chi connectivity index (χ2n) is 6.84. The quantitative estimate of drug-likeness (QED) is 0.377. The molecule has 3 aromatic rings. The zero-order valence-electron chi connectivity index (χ0n) is 17.3. The van der Waals surface area contributed by atoms with Crippen molar-refractivity contribution in [1.29, 1.82) is 0 Å². The largest absolute Gasteiger partial charge is 0.448 e. The lowest BCUT2D eigenvalue weighted by Crippen LogP contribution is -2.36. The van der Waals surface area contributed by atoms with E-state index in [4.69, 9.17) is 39.5 Å². The lowest BCUT2D eigenvalue weighted by atomic mass is 10.3. The van der Waals surface area contributed by atoms with Gasteiger partial charge in [-0.3, -0.25) is 4.31 Å². The average molecular weight is 532 g/mol. The summed E-state index contributed by atoms with van der Waals surface area (Å²) in [7, 11) is -4.04. The number of aromatic nitrogens is 2. The summed E-state index contributed by atoms with van der Waals surface area (Å²) in [6, 6.07) is 10.2. The van der Waals surface area contributed by atoms with Crippen LogP contribution in [0.5, 0.6) is 0 Å². The monoisotopic (exact) mass is 530 g/mol. The number of nitrogens with zero attached hydrogens (tertiary/aromatic N) is 3. The van der Waals surface area contributed by atoms with Crippen LogP contribution in [-0.4, -0.2) is 43.8 Å². The van der Waals surface area contributed by atoms with Crippen molar-refractivity contribution >= 4 is 56.6 Å². The highest BCUT2D eigenvalue weighted by Gasteiger charge is 2.27. The number of alkyl carbamates (subject to hydrolysis) is 1. The van der Waals surface area contributed by atoms with Crippen molar-refractivity contribution in [3.63, 3.8) is 0 Å². The summed E-state index contributed by atoms with van der Waals surface area (Å²) < 4.78 is 34.8. The van der Waals surface area contributed by atoms with Gasteiger partial charge in [-0.1, -0.05) is 34.8 Å². The van der Waals surface area contributed by atoms with Gasteiger partial charge in [0, 0.05) is 35.5 Å². The van der Waals surface area contributed by atoms with Gasteiger partial charge in [-0.15, -0.1) is 0 Å². The molecule has 0 unspecified atom stereocenters. The van der Waals surface area contributed by atoms with Gasteiger partial charge >= 0.3 is 6.09 Å². The lowest BCUT2D eigenvalue weighted by Gasteiger charge is -2.25. The lowest BCUT2D eigenvalue weighted by molar-refractivity contribution is 0.149. The van der Waals surface area contributed by atoms with Crippen LogP contribution in [0.4, 0.5) is 10.5 Å². The van der Waals surface area contributed by atoms with E-state index in [9.17, 15) is 13.2 Å². The molecule has 0 radical (unpaired) electrons. The van der Waals surface area contributed by atoms with Crippen LogP contribution >= 0.6 is 34.8 Å². The van der Waals surface area contributed by atoms with Gasteiger partial charge in [0.1, 0.15) is 6.61 Å². The fourth-order valence-corrected chi connectivity index (χ4v) is 4.95. The molecule has 8 nitrogen and oxygen atoms in total.